The average molecular weight is 740 g/mol. The quantitative estimate of drug-likeness (QED) is 0.156. The lowest BCUT2D eigenvalue weighted by molar-refractivity contribution is 1.01. The lowest BCUT2D eigenvalue weighted by Gasteiger charge is -2.14. The Kier molecular flexibility index (Phi) is 7.80. The van der Waals surface area contributed by atoms with Gasteiger partial charge in [-0.05, 0) is 93.4 Å². The summed E-state index contributed by atoms with van der Waals surface area (Å²) in [6.07, 6.45) is 3.90. The summed E-state index contributed by atoms with van der Waals surface area (Å²) < 4.78 is 4.69. The number of fused-ring (bicyclic) bond motifs is 9. The standard InChI is InChI=1S/C55H37N3/c1-3-16-50-36(2)48-31-44-33-53-47-27-11-10-25-45(47)46-26-12-13-28-51(46)57(53)52(44)35-54(48)58(50)55-34-43(41-23-14-21-39(29-41)37-17-6-4-7-18-37)32-49(56-55)42-24-15-22-40(30-42)38-19-8-5-9-20-38/h3-35H,1-2H2/b50-16+. The number of rotatable bonds is 6. The molecule has 0 aliphatic rings. The van der Waals surface area contributed by atoms with Gasteiger partial charge in [-0.1, -0.05) is 159 Å². The minimum Gasteiger partial charge on any atom is -0.309 e. The van der Waals surface area contributed by atoms with Crippen molar-refractivity contribution in [3.8, 4) is 50.5 Å². The Morgan fingerprint density at radius 2 is 0.983 bits per heavy atom. The van der Waals surface area contributed by atoms with Crippen LogP contribution >= 0.6 is 0 Å². The summed E-state index contributed by atoms with van der Waals surface area (Å²) in [6, 6.07) is 67.4. The molecule has 272 valence electrons. The van der Waals surface area contributed by atoms with Crippen molar-refractivity contribution >= 4 is 61.7 Å². The zero-order valence-electron chi connectivity index (χ0n) is 31.8. The number of hydrogen-bond donors (Lipinski definition) is 0. The molecule has 0 aliphatic carbocycles. The number of benzene rings is 7. The Hall–Kier alpha value is -7.75. The van der Waals surface area contributed by atoms with Gasteiger partial charge in [-0.3, -0.25) is 4.57 Å². The Balaban J connectivity index is 1.21. The van der Waals surface area contributed by atoms with Gasteiger partial charge in [0.1, 0.15) is 5.82 Å². The van der Waals surface area contributed by atoms with Crippen molar-refractivity contribution in [1.82, 2.24) is 14.0 Å². The molecule has 11 aromatic rings. The van der Waals surface area contributed by atoms with E-state index < -0.39 is 0 Å². The first kappa shape index (κ1) is 33.6. The maximum atomic E-state index is 5.52. The fraction of sp³-hybridized carbons (Fsp3) is 0. The third-order valence-electron chi connectivity index (χ3n) is 11.6. The van der Waals surface area contributed by atoms with E-state index in [-0.39, 0.29) is 0 Å². The van der Waals surface area contributed by atoms with Crippen LogP contribution in [0.15, 0.2) is 201 Å². The van der Waals surface area contributed by atoms with Gasteiger partial charge in [-0.25, -0.2) is 4.98 Å². The van der Waals surface area contributed by atoms with E-state index in [0.717, 1.165) is 60.8 Å². The van der Waals surface area contributed by atoms with Crippen molar-refractivity contribution in [2.24, 2.45) is 0 Å². The summed E-state index contributed by atoms with van der Waals surface area (Å²) in [5.74, 6) is 0.811. The van der Waals surface area contributed by atoms with Gasteiger partial charge < -0.3 is 4.40 Å². The van der Waals surface area contributed by atoms with Gasteiger partial charge in [0, 0.05) is 32.3 Å². The molecule has 0 aliphatic heterocycles. The summed E-state index contributed by atoms with van der Waals surface area (Å²) in [6.45, 7) is 8.83. The van der Waals surface area contributed by atoms with E-state index in [0.29, 0.717) is 0 Å². The predicted octanol–water partition coefficient (Wildman–Crippen LogP) is 12.8. The van der Waals surface area contributed by atoms with Crippen LogP contribution in [0.4, 0.5) is 0 Å². The van der Waals surface area contributed by atoms with E-state index in [1.54, 1.807) is 0 Å². The topological polar surface area (TPSA) is 22.2 Å². The molecule has 0 saturated heterocycles. The van der Waals surface area contributed by atoms with Gasteiger partial charge >= 0.3 is 0 Å². The number of aromatic nitrogens is 3. The second-order valence-corrected chi connectivity index (χ2v) is 15.0. The third kappa shape index (κ3) is 5.40. The van der Waals surface area contributed by atoms with Crippen molar-refractivity contribution in [3.63, 3.8) is 0 Å². The zero-order valence-corrected chi connectivity index (χ0v) is 31.8. The van der Waals surface area contributed by atoms with Crippen LogP contribution in [0, 0.1) is 0 Å². The molecule has 4 aromatic heterocycles. The Morgan fingerprint density at radius 3 is 1.67 bits per heavy atom. The molecule has 4 heterocycles. The normalized spacial score (nSPS) is 12.0. The highest BCUT2D eigenvalue weighted by atomic mass is 15.1. The molecule has 0 fully saturated rings. The second-order valence-electron chi connectivity index (χ2n) is 15.0. The van der Waals surface area contributed by atoms with E-state index >= 15 is 0 Å². The molecule has 0 radical (unpaired) electrons. The van der Waals surface area contributed by atoms with Crippen molar-refractivity contribution in [2.45, 2.75) is 0 Å². The summed E-state index contributed by atoms with van der Waals surface area (Å²) in [5, 5.41) is 7.85. The number of pyridine rings is 2. The molecule has 11 rings (SSSR count). The second kappa shape index (κ2) is 13.5. The van der Waals surface area contributed by atoms with Gasteiger partial charge in [0.15, 0.2) is 0 Å². The van der Waals surface area contributed by atoms with Crippen LogP contribution in [0.2, 0.25) is 0 Å². The SMILES string of the molecule is C=C/C=c1\c(=C)c2cc3cc4c5ccccc5c5ccccc5n4c3cc2n1-c1cc(-c2cccc(-c3ccccc3)c2)cc(-c2cccc(-c3ccccc3)c2)n1. The van der Waals surface area contributed by atoms with Crippen LogP contribution in [0.1, 0.15) is 0 Å². The summed E-state index contributed by atoms with van der Waals surface area (Å²) in [7, 11) is 0. The summed E-state index contributed by atoms with van der Waals surface area (Å²) in [4.78, 5) is 5.52. The van der Waals surface area contributed by atoms with Crippen LogP contribution in [0.5, 0.6) is 0 Å². The van der Waals surface area contributed by atoms with E-state index in [4.69, 9.17) is 11.6 Å². The van der Waals surface area contributed by atoms with Crippen molar-refractivity contribution < 1.29 is 0 Å². The van der Waals surface area contributed by atoms with Crippen LogP contribution in [-0.4, -0.2) is 14.0 Å². The Bertz CT molecular complexity index is 3430. The molecule has 58 heavy (non-hydrogen) atoms. The van der Waals surface area contributed by atoms with Gasteiger partial charge in [0.25, 0.3) is 0 Å². The van der Waals surface area contributed by atoms with Gasteiger partial charge in [-0.2, -0.15) is 0 Å². The minimum absolute atomic E-state index is 0.811. The highest BCUT2D eigenvalue weighted by Crippen LogP contribution is 2.37. The lowest BCUT2D eigenvalue weighted by Crippen LogP contribution is -2.27. The molecule has 0 amide bonds. The predicted molar refractivity (Wildman–Crippen MR) is 246 cm³/mol. The lowest BCUT2D eigenvalue weighted by atomic mass is 9.97. The van der Waals surface area contributed by atoms with Crippen molar-refractivity contribution in [2.75, 3.05) is 0 Å². The highest BCUT2D eigenvalue weighted by molar-refractivity contribution is 6.16. The number of para-hydroxylation sites is 1. The molecular weight excluding hydrogens is 703 g/mol. The smallest absolute Gasteiger partial charge is 0.138 e. The molecule has 3 heteroatoms. The molecule has 0 spiro atoms. The molecule has 0 unspecified atom stereocenters. The summed E-state index contributed by atoms with van der Waals surface area (Å²) >= 11 is 0. The number of hydrogen-bond acceptors (Lipinski definition) is 1. The first-order valence-electron chi connectivity index (χ1n) is 19.7. The molecule has 3 nitrogen and oxygen atoms in total. The molecule has 0 atom stereocenters. The number of allylic oxidation sites excluding steroid dienone is 1. The first-order valence-corrected chi connectivity index (χ1v) is 19.7. The zero-order chi connectivity index (χ0) is 38.7. The monoisotopic (exact) mass is 739 g/mol. The minimum atomic E-state index is 0.811. The molecule has 0 bridgehead atoms. The maximum Gasteiger partial charge on any atom is 0.138 e. The Morgan fingerprint density at radius 1 is 0.414 bits per heavy atom. The summed E-state index contributed by atoms with van der Waals surface area (Å²) in [5.41, 5.74) is 13.3. The fourth-order valence-electron chi connectivity index (χ4n) is 8.85. The average Bonchev–Trinajstić information content (AvgIpc) is 3.80. The molecule has 0 saturated carbocycles. The van der Waals surface area contributed by atoms with Crippen LogP contribution < -0.4 is 10.6 Å². The fourth-order valence-corrected chi connectivity index (χ4v) is 8.85. The third-order valence-corrected chi connectivity index (χ3v) is 11.6. The van der Waals surface area contributed by atoms with E-state index in [9.17, 15) is 0 Å². The first-order chi connectivity index (χ1) is 28.6. The maximum absolute atomic E-state index is 5.52. The van der Waals surface area contributed by atoms with E-state index in [1.807, 2.05) is 6.08 Å². The van der Waals surface area contributed by atoms with Gasteiger partial charge in [0.2, 0.25) is 0 Å². The largest absolute Gasteiger partial charge is 0.309 e. The van der Waals surface area contributed by atoms with Crippen LogP contribution in [0.3, 0.4) is 0 Å². The number of nitrogens with zero attached hydrogens (tertiary/aromatic N) is 3. The van der Waals surface area contributed by atoms with Crippen molar-refractivity contribution in [1.29, 1.82) is 0 Å². The van der Waals surface area contributed by atoms with E-state index in [1.165, 1.54) is 49.3 Å². The van der Waals surface area contributed by atoms with Gasteiger partial charge in [0.05, 0.1) is 33.1 Å². The van der Waals surface area contributed by atoms with Crippen LogP contribution in [0.25, 0.3) is 112 Å². The molecule has 0 N–H and O–H groups in total. The van der Waals surface area contributed by atoms with Crippen molar-refractivity contribution in [3.05, 3.63) is 211 Å². The molecule has 7 aromatic carbocycles. The molecular formula is C55H37N3. The highest BCUT2D eigenvalue weighted by Gasteiger charge is 2.18. The van der Waals surface area contributed by atoms with Crippen LogP contribution in [-0.2, 0) is 0 Å². The van der Waals surface area contributed by atoms with E-state index in [2.05, 4.69) is 210 Å². The van der Waals surface area contributed by atoms with Gasteiger partial charge in [-0.15, -0.1) is 0 Å². The Labute approximate surface area is 336 Å².